The molecule has 2 amide bonds. The first-order valence-electron chi connectivity index (χ1n) is 12.0. The summed E-state index contributed by atoms with van der Waals surface area (Å²) >= 11 is 0. The standard InChI is InChI=1S/C26H32N4O4/c1-16-12-19(26(32)27-20-5-6-20)4-7-22(16)30-10-8-29(9-11-30)15-18-13-21-24(23(14-18)33-3)34-17(2)25(31)28-21/h4,7,12-14,17,20H,5-6,8-11,15H2,1-3H3,(H,27,32)(H,28,31). The van der Waals surface area contributed by atoms with E-state index in [0.717, 1.165) is 62.3 Å². The van der Waals surface area contributed by atoms with Crippen LogP contribution in [0.4, 0.5) is 11.4 Å². The number of hydrogen-bond donors (Lipinski definition) is 2. The molecule has 5 rings (SSSR count). The molecule has 180 valence electrons. The highest BCUT2D eigenvalue weighted by molar-refractivity contribution is 5.98. The maximum Gasteiger partial charge on any atom is 0.265 e. The van der Waals surface area contributed by atoms with Gasteiger partial charge in [0.25, 0.3) is 11.8 Å². The van der Waals surface area contributed by atoms with Gasteiger partial charge in [-0.05, 0) is 68.1 Å². The largest absolute Gasteiger partial charge is 0.493 e. The van der Waals surface area contributed by atoms with Gasteiger partial charge in [0, 0.05) is 50.0 Å². The smallest absolute Gasteiger partial charge is 0.265 e. The van der Waals surface area contributed by atoms with Crippen LogP contribution in [0.15, 0.2) is 30.3 Å². The summed E-state index contributed by atoms with van der Waals surface area (Å²) < 4.78 is 11.3. The van der Waals surface area contributed by atoms with Gasteiger partial charge in [-0.15, -0.1) is 0 Å². The van der Waals surface area contributed by atoms with Crippen molar-refractivity contribution in [3.05, 3.63) is 47.0 Å². The Hall–Kier alpha value is -3.26. The SMILES string of the molecule is COc1cc(CN2CCN(c3ccc(C(=O)NC4CC4)cc3C)CC2)cc2c1OC(C)C(=O)N2. The monoisotopic (exact) mass is 464 g/mol. The lowest BCUT2D eigenvalue weighted by atomic mass is 10.1. The average molecular weight is 465 g/mol. The fourth-order valence-corrected chi connectivity index (χ4v) is 4.63. The van der Waals surface area contributed by atoms with Crippen molar-refractivity contribution in [2.45, 2.75) is 45.4 Å². The molecule has 2 fully saturated rings. The van der Waals surface area contributed by atoms with E-state index in [-0.39, 0.29) is 11.8 Å². The molecule has 2 aromatic rings. The van der Waals surface area contributed by atoms with Gasteiger partial charge in [-0.2, -0.15) is 0 Å². The van der Waals surface area contributed by atoms with E-state index in [0.29, 0.717) is 23.2 Å². The zero-order chi connectivity index (χ0) is 23.8. The molecule has 2 aliphatic heterocycles. The second-order valence-electron chi connectivity index (χ2n) is 9.44. The lowest BCUT2D eigenvalue weighted by Gasteiger charge is -2.37. The topological polar surface area (TPSA) is 83.1 Å². The third-order valence-corrected chi connectivity index (χ3v) is 6.75. The van der Waals surface area contributed by atoms with E-state index >= 15 is 0 Å². The molecule has 3 aliphatic rings. The number of piperazine rings is 1. The number of ether oxygens (including phenoxy) is 2. The summed E-state index contributed by atoms with van der Waals surface area (Å²) in [4.78, 5) is 29.2. The molecule has 34 heavy (non-hydrogen) atoms. The third-order valence-electron chi connectivity index (χ3n) is 6.75. The van der Waals surface area contributed by atoms with Crippen LogP contribution >= 0.6 is 0 Å². The van der Waals surface area contributed by atoms with Crippen LogP contribution in [0, 0.1) is 6.92 Å². The number of fused-ring (bicyclic) bond motifs is 1. The van der Waals surface area contributed by atoms with Crippen LogP contribution in [0.5, 0.6) is 11.5 Å². The van der Waals surface area contributed by atoms with Gasteiger partial charge in [0.15, 0.2) is 17.6 Å². The van der Waals surface area contributed by atoms with Crippen molar-refractivity contribution in [2.75, 3.05) is 43.5 Å². The third kappa shape index (κ3) is 4.68. The second-order valence-corrected chi connectivity index (χ2v) is 9.44. The van der Waals surface area contributed by atoms with Crippen LogP contribution in [-0.2, 0) is 11.3 Å². The van der Waals surface area contributed by atoms with Crippen LogP contribution in [0.25, 0.3) is 0 Å². The Labute approximate surface area is 200 Å². The number of carbonyl (C=O) groups is 2. The minimum absolute atomic E-state index is 0.0264. The van der Waals surface area contributed by atoms with E-state index in [1.54, 1.807) is 14.0 Å². The molecular formula is C26H32N4O4. The predicted octanol–water partition coefficient (Wildman–Crippen LogP) is 2.94. The Bertz CT molecular complexity index is 1110. The van der Waals surface area contributed by atoms with E-state index in [1.165, 1.54) is 5.69 Å². The normalized spacial score (nSPS) is 20.3. The summed E-state index contributed by atoms with van der Waals surface area (Å²) in [6, 6.07) is 10.3. The van der Waals surface area contributed by atoms with Crippen molar-refractivity contribution in [1.82, 2.24) is 10.2 Å². The summed E-state index contributed by atoms with van der Waals surface area (Å²) in [6.45, 7) is 8.23. The zero-order valence-electron chi connectivity index (χ0n) is 20.0. The van der Waals surface area contributed by atoms with Crippen molar-refractivity contribution < 1.29 is 19.1 Å². The predicted molar refractivity (Wildman–Crippen MR) is 131 cm³/mol. The molecule has 2 aromatic carbocycles. The van der Waals surface area contributed by atoms with Crippen LogP contribution < -0.4 is 25.0 Å². The first-order valence-corrected chi connectivity index (χ1v) is 12.0. The Balaban J connectivity index is 1.22. The number of methoxy groups -OCH3 is 1. The molecule has 1 saturated carbocycles. The highest BCUT2D eigenvalue weighted by atomic mass is 16.5. The van der Waals surface area contributed by atoms with Gasteiger partial charge < -0.3 is 25.0 Å². The van der Waals surface area contributed by atoms with Crippen molar-refractivity contribution in [3.8, 4) is 11.5 Å². The minimum Gasteiger partial charge on any atom is -0.493 e. The second kappa shape index (κ2) is 9.18. The molecule has 0 spiro atoms. The maximum absolute atomic E-state index is 12.3. The van der Waals surface area contributed by atoms with Gasteiger partial charge in [0.2, 0.25) is 0 Å². The van der Waals surface area contributed by atoms with E-state index in [9.17, 15) is 9.59 Å². The lowest BCUT2D eigenvalue weighted by molar-refractivity contribution is -0.122. The zero-order valence-corrected chi connectivity index (χ0v) is 20.0. The molecular weight excluding hydrogens is 432 g/mol. The van der Waals surface area contributed by atoms with E-state index in [2.05, 4.69) is 33.4 Å². The molecule has 8 heteroatoms. The van der Waals surface area contributed by atoms with Gasteiger partial charge >= 0.3 is 0 Å². The van der Waals surface area contributed by atoms with E-state index in [4.69, 9.17) is 9.47 Å². The lowest BCUT2D eigenvalue weighted by Crippen LogP contribution is -2.46. The van der Waals surface area contributed by atoms with Crippen LogP contribution in [0.2, 0.25) is 0 Å². The Morgan fingerprint density at radius 3 is 2.62 bits per heavy atom. The summed E-state index contributed by atoms with van der Waals surface area (Å²) in [5.74, 6) is 1.11. The highest BCUT2D eigenvalue weighted by Gasteiger charge is 2.28. The van der Waals surface area contributed by atoms with Gasteiger partial charge in [-0.3, -0.25) is 14.5 Å². The van der Waals surface area contributed by atoms with Crippen molar-refractivity contribution in [3.63, 3.8) is 0 Å². The van der Waals surface area contributed by atoms with Gasteiger partial charge in [0.1, 0.15) is 0 Å². The molecule has 0 radical (unpaired) electrons. The van der Waals surface area contributed by atoms with Gasteiger partial charge in [0.05, 0.1) is 12.8 Å². The number of rotatable bonds is 6. The number of carbonyl (C=O) groups excluding carboxylic acids is 2. The average Bonchev–Trinajstić information content (AvgIpc) is 3.64. The number of amides is 2. The molecule has 1 unspecified atom stereocenters. The van der Waals surface area contributed by atoms with Gasteiger partial charge in [-0.1, -0.05) is 0 Å². The van der Waals surface area contributed by atoms with Gasteiger partial charge in [-0.25, -0.2) is 0 Å². The summed E-state index contributed by atoms with van der Waals surface area (Å²) in [5.41, 5.74) is 4.79. The highest BCUT2D eigenvalue weighted by Crippen LogP contribution is 2.40. The molecule has 1 saturated heterocycles. The molecule has 8 nitrogen and oxygen atoms in total. The number of hydrogen-bond acceptors (Lipinski definition) is 6. The molecule has 1 aliphatic carbocycles. The Morgan fingerprint density at radius 1 is 1.18 bits per heavy atom. The quantitative estimate of drug-likeness (QED) is 0.684. The van der Waals surface area contributed by atoms with Crippen LogP contribution in [0.3, 0.4) is 0 Å². The van der Waals surface area contributed by atoms with Crippen LogP contribution in [-0.4, -0.2) is 62.1 Å². The fourth-order valence-electron chi connectivity index (χ4n) is 4.63. The van der Waals surface area contributed by atoms with E-state index in [1.807, 2.05) is 24.3 Å². The number of nitrogens with zero attached hydrogens (tertiary/aromatic N) is 2. The molecule has 2 heterocycles. The summed E-state index contributed by atoms with van der Waals surface area (Å²) in [7, 11) is 1.62. The molecule has 0 bridgehead atoms. The first-order chi connectivity index (χ1) is 16.4. The molecule has 0 aromatic heterocycles. The van der Waals surface area contributed by atoms with Crippen molar-refractivity contribution in [2.24, 2.45) is 0 Å². The van der Waals surface area contributed by atoms with Crippen molar-refractivity contribution >= 4 is 23.2 Å². The number of aryl methyl sites for hydroxylation is 1. The van der Waals surface area contributed by atoms with Crippen molar-refractivity contribution in [1.29, 1.82) is 0 Å². The Morgan fingerprint density at radius 2 is 1.94 bits per heavy atom. The Kier molecular flexibility index (Phi) is 6.08. The number of nitrogens with one attached hydrogen (secondary N) is 2. The number of benzene rings is 2. The van der Waals surface area contributed by atoms with Crippen LogP contribution in [0.1, 0.15) is 41.3 Å². The summed E-state index contributed by atoms with van der Waals surface area (Å²) in [6.07, 6.45) is 1.64. The molecule has 2 N–H and O–H groups in total. The fraction of sp³-hybridized carbons (Fsp3) is 0.462. The number of anilines is 2. The van der Waals surface area contributed by atoms with E-state index < -0.39 is 6.10 Å². The maximum atomic E-state index is 12.3. The summed E-state index contributed by atoms with van der Waals surface area (Å²) in [5, 5.41) is 5.98. The molecule has 1 atom stereocenters. The minimum atomic E-state index is -0.537. The first kappa shape index (κ1) is 22.5.